The molecular formula is C12H14N2O3. The van der Waals surface area contributed by atoms with Crippen LogP contribution in [0.4, 0.5) is 5.69 Å². The lowest BCUT2D eigenvalue weighted by atomic mass is 10.1. The number of hydrogen-bond donors (Lipinski definition) is 2. The van der Waals surface area contributed by atoms with Crippen molar-refractivity contribution >= 4 is 17.4 Å². The molecule has 0 spiro atoms. The molecule has 0 aromatic heterocycles. The van der Waals surface area contributed by atoms with E-state index in [9.17, 15) is 9.59 Å². The summed E-state index contributed by atoms with van der Waals surface area (Å²) in [6.45, 7) is 3.01. The summed E-state index contributed by atoms with van der Waals surface area (Å²) in [5, 5.41) is 5.64. The monoisotopic (exact) mass is 234 g/mol. The van der Waals surface area contributed by atoms with Crippen molar-refractivity contribution in [2.24, 2.45) is 0 Å². The van der Waals surface area contributed by atoms with Gasteiger partial charge in [0.25, 0.3) is 5.91 Å². The van der Waals surface area contributed by atoms with Crippen LogP contribution in [0.2, 0.25) is 0 Å². The lowest BCUT2D eigenvalue weighted by Crippen LogP contribution is -2.26. The molecule has 17 heavy (non-hydrogen) atoms. The maximum atomic E-state index is 11.8. The Bertz CT molecular complexity index is 457. The quantitative estimate of drug-likeness (QED) is 0.756. The lowest BCUT2D eigenvalue weighted by Gasteiger charge is -2.18. The minimum Gasteiger partial charge on any atom is -0.482 e. The summed E-state index contributed by atoms with van der Waals surface area (Å²) in [6, 6.07) is 5.05. The molecule has 1 heterocycles. The van der Waals surface area contributed by atoms with Gasteiger partial charge in [-0.1, -0.05) is 6.92 Å². The zero-order valence-corrected chi connectivity index (χ0v) is 9.58. The van der Waals surface area contributed by atoms with Crippen molar-refractivity contribution in [2.75, 3.05) is 25.0 Å². The number of carbonyl (C=O) groups excluding carboxylic acids is 2. The van der Waals surface area contributed by atoms with Gasteiger partial charge in [0.15, 0.2) is 12.4 Å². The number of Topliss-reactive ketones (excluding diaryl/α,β-unsaturated/α-hetero) is 1. The molecule has 90 valence electrons. The second kappa shape index (κ2) is 4.97. The number of nitrogens with one attached hydrogen (secondary N) is 2. The Hall–Kier alpha value is -1.88. The minimum absolute atomic E-state index is 0.00512. The SMILES string of the molecule is CCNCC(=O)c1ccc2c(c1)NC(=O)CO2. The number of hydrogen-bond acceptors (Lipinski definition) is 4. The van der Waals surface area contributed by atoms with Crippen molar-refractivity contribution in [3.63, 3.8) is 0 Å². The molecule has 0 saturated heterocycles. The number of ether oxygens (including phenoxy) is 1. The van der Waals surface area contributed by atoms with E-state index in [2.05, 4.69) is 10.6 Å². The smallest absolute Gasteiger partial charge is 0.262 e. The molecule has 2 rings (SSSR count). The standard InChI is InChI=1S/C12H14N2O3/c1-2-13-6-10(15)8-3-4-11-9(5-8)14-12(16)7-17-11/h3-5,13H,2,6-7H2,1H3,(H,14,16). The van der Waals surface area contributed by atoms with E-state index in [0.717, 1.165) is 6.54 Å². The minimum atomic E-state index is -0.200. The average molecular weight is 234 g/mol. The third kappa shape index (κ3) is 2.62. The highest BCUT2D eigenvalue weighted by molar-refractivity contribution is 6.01. The molecule has 1 amide bonds. The third-order valence-electron chi connectivity index (χ3n) is 2.47. The summed E-state index contributed by atoms with van der Waals surface area (Å²) in [5.41, 5.74) is 1.12. The van der Waals surface area contributed by atoms with E-state index in [1.165, 1.54) is 0 Å². The van der Waals surface area contributed by atoms with Gasteiger partial charge in [-0.2, -0.15) is 0 Å². The van der Waals surface area contributed by atoms with Crippen LogP contribution in [0.1, 0.15) is 17.3 Å². The van der Waals surface area contributed by atoms with E-state index >= 15 is 0 Å². The fraction of sp³-hybridized carbons (Fsp3) is 0.333. The largest absolute Gasteiger partial charge is 0.482 e. The fourth-order valence-corrected chi connectivity index (χ4v) is 1.60. The molecule has 1 aromatic carbocycles. The van der Waals surface area contributed by atoms with Crippen LogP contribution in [0.15, 0.2) is 18.2 Å². The van der Waals surface area contributed by atoms with Crippen LogP contribution in [0, 0.1) is 0 Å². The molecule has 0 aliphatic carbocycles. The predicted molar refractivity (Wildman–Crippen MR) is 63.4 cm³/mol. The van der Waals surface area contributed by atoms with Crippen molar-refractivity contribution in [1.82, 2.24) is 5.32 Å². The Labute approximate surface area is 99.2 Å². The van der Waals surface area contributed by atoms with Gasteiger partial charge >= 0.3 is 0 Å². The van der Waals surface area contributed by atoms with Crippen LogP contribution in [-0.2, 0) is 4.79 Å². The molecular weight excluding hydrogens is 220 g/mol. The second-order valence-corrected chi connectivity index (χ2v) is 3.75. The first kappa shape index (κ1) is 11.6. The molecule has 0 saturated carbocycles. The molecule has 0 fully saturated rings. The summed E-state index contributed by atoms with van der Waals surface area (Å²) >= 11 is 0. The topological polar surface area (TPSA) is 67.4 Å². The Balaban J connectivity index is 2.18. The number of amides is 1. The van der Waals surface area contributed by atoms with Gasteiger partial charge in [-0.05, 0) is 24.7 Å². The van der Waals surface area contributed by atoms with Crippen LogP contribution in [0.5, 0.6) is 5.75 Å². The molecule has 5 heteroatoms. The predicted octanol–water partition coefficient (Wildman–Crippen LogP) is 0.810. The van der Waals surface area contributed by atoms with Gasteiger partial charge in [0.2, 0.25) is 0 Å². The van der Waals surface area contributed by atoms with E-state index in [1.807, 2.05) is 6.92 Å². The first-order chi connectivity index (χ1) is 8.20. The molecule has 1 aliphatic rings. The van der Waals surface area contributed by atoms with Gasteiger partial charge in [0.05, 0.1) is 12.2 Å². The molecule has 0 atom stereocenters. The summed E-state index contributed by atoms with van der Waals surface area (Å²) in [7, 11) is 0. The molecule has 0 unspecified atom stereocenters. The van der Waals surface area contributed by atoms with Crippen LogP contribution >= 0.6 is 0 Å². The zero-order valence-electron chi connectivity index (χ0n) is 9.58. The van der Waals surface area contributed by atoms with Crippen LogP contribution in [0.3, 0.4) is 0 Å². The normalized spacial score (nSPS) is 13.6. The Morgan fingerprint density at radius 1 is 1.53 bits per heavy atom. The molecule has 0 radical (unpaired) electrons. The second-order valence-electron chi connectivity index (χ2n) is 3.75. The number of carbonyl (C=O) groups is 2. The molecule has 1 aromatic rings. The van der Waals surface area contributed by atoms with E-state index in [1.54, 1.807) is 18.2 Å². The molecule has 1 aliphatic heterocycles. The maximum absolute atomic E-state index is 11.8. The van der Waals surface area contributed by atoms with Crippen molar-refractivity contribution in [1.29, 1.82) is 0 Å². The van der Waals surface area contributed by atoms with Gasteiger partial charge in [0, 0.05) is 5.56 Å². The number of likely N-dealkylation sites (N-methyl/N-ethyl adjacent to an activating group) is 1. The highest BCUT2D eigenvalue weighted by Gasteiger charge is 2.17. The number of ketones is 1. The Morgan fingerprint density at radius 3 is 3.12 bits per heavy atom. The van der Waals surface area contributed by atoms with Crippen LogP contribution in [-0.4, -0.2) is 31.4 Å². The first-order valence-corrected chi connectivity index (χ1v) is 5.51. The van der Waals surface area contributed by atoms with E-state index in [4.69, 9.17) is 4.74 Å². The lowest BCUT2D eigenvalue weighted by molar-refractivity contribution is -0.118. The summed E-state index contributed by atoms with van der Waals surface area (Å²) in [5.74, 6) is 0.396. The number of rotatable bonds is 4. The van der Waals surface area contributed by atoms with Crippen molar-refractivity contribution in [2.45, 2.75) is 6.92 Å². The molecule has 5 nitrogen and oxygen atoms in total. The fourth-order valence-electron chi connectivity index (χ4n) is 1.60. The summed E-state index contributed by atoms with van der Waals surface area (Å²) < 4.78 is 5.21. The van der Waals surface area contributed by atoms with Crippen LogP contribution < -0.4 is 15.4 Å². The highest BCUT2D eigenvalue weighted by atomic mass is 16.5. The number of fused-ring (bicyclic) bond motifs is 1. The van der Waals surface area contributed by atoms with Crippen molar-refractivity contribution in [3.8, 4) is 5.75 Å². The number of anilines is 1. The van der Waals surface area contributed by atoms with Gasteiger partial charge in [0.1, 0.15) is 5.75 Å². The Kier molecular flexibility index (Phi) is 3.39. The summed E-state index contributed by atoms with van der Waals surface area (Å²) in [6.07, 6.45) is 0. The zero-order chi connectivity index (χ0) is 12.3. The molecule has 2 N–H and O–H groups in total. The van der Waals surface area contributed by atoms with Crippen LogP contribution in [0.25, 0.3) is 0 Å². The molecule has 0 bridgehead atoms. The van der Waals surface area contributed by atoms with Crippen molar-refractivity contribution < 1.29 is 14.3 Å². The van der Waals surface area contributed by atoms with E-state index < -0.39 is 0 Å². The third-order valence-corrected chi connectivity index (χ3v) is 2.47. The van der Waals surface area contributed by atoms with Gasteiger partial charge in [-0.15, -0.1) is 0 Å². The Morgan fingerprint density at radius 2 is 2.35 bits per heavy atom. The van der Waals surface area contributed by atoms with Crippen molar-refractivity contribution in [3.05, 3.63) is 23.8 Å². The van der Waals surface area contributed by atoms with Gasteiger partial charge in [-0.25, -0.2) is 0 Å². The first-order valence-electron chi connectivity index (χ1n) is 5.51. The highest BCUT2D eigenvalue weighted by Crippen LogP contribution is 2.28. The van der Waals surface area contributed by atoms with E-state index in [-0.39, 0.29) is 18.3 Å². The van der Waals surface area contributed by atoms with Gasteiger partial charge in [-0.3, -0.25) is 9.59 Å². The average Bonchev–Trinajstić information content (AvgIpc) is 2.35. The van der Waals surface area contributed by atoms with E-state index in [0.29, 0.717) is 23.5 Å². The maximum Gasteiger partial charge on any atom is 0.262 e. The van der Waals surface area contributed by atoms with Gasteiger partial charge < -0.3 is 15.4 Å². The number of benzene rings is 1. The summed E-state index contributed by atoms with van der Waals surface area (Å²) in [4.78, 5) is 22.9.